The summed E-state index contributed by atoms with van der Waals surface area (Å²) in [6.07, 6.45) is 0.790. The van der Waals surface area contributed by atoms with E-state index in [0.717, 1.165) is 12.8 Å². The molecule has 1 amide bonds. The van der Waals surface area contributed by atoms with Crippen LogP contribution in [0, 0.1) is 0 Å². The van der Waals surface area contributed by atoms with Crippen molar-refractivity contribution in [3.8, 4) is 11.1 Å². The third-order valence-corrected chi connectivity index (χ3v) is 6.14. The molecule has 2 atom stereocenters. The van der Waals surface area contributed by atoms with Crippen molar-refractivity contribution in [3.05, 3.63) is 59.7 Å². The van der Waals surface area contributed by atoms with E-state index in [0.29, 0.717) is 13.2 Å². The van der Waals surface area contributed by atoms with Crippen molar-refractivity contribution >= 4 is 6.09 Å². The second-order valence-corrected chi connectivity index (χ2v) is 7.59. The second kappa shape index (κ2) is 6.44. The molecule has 4 rings (SSSR count). The van der Waals surface area contributed by atoms with E-state index in [9.17, 15) is 9.90 Å². The lowest BCUT2D eigenvalue weighted by Crippen LogP contribution is -2.52. The largest absolute Gasteiger partial charge is 0.448 e. The van der Waals surface area contributed by atoms with Crippen LogP contribution in [0.4, 0.5) is 4.79 Å². The van der Waals surface area contributed by atoms with E-state index in [1.54, 1.807) is 11.8 Å². The number of aliphatic hydroxyl groups excluding tert-OH is 1. The van der Waals surface area contributed by atoms with E-state index >= 15 is 0 Å². The minimum atomic E-state index is -0.578. The van der Waals surface area contributed by atoms with Crippen molar-refractivity contribution in [3.63, 3.8) is 0 Å². The van der Waals surface area contributed by atoms with Gasteiger partial charge in [0.15, 0.2) is 0 Å². The molecule has 1 saturated heterocycles. The number of aliphatic hydroxyl groups is 1. The summed E-state index contributed by atoms with van der Waals surface area (Å²) in [5, 5.41) is 10.1. The number of carbonyl (C=O) groups excluding carboxylic acids is 1. The average Bonchev–Trinajstić information content (AvgIpc) is 3.19. The highest BCUT2D eigenvalue weighted by Crippen LogP contribution is 2.44. The van der Waals surface area contributed by atoms with Crippen molar-refractivity contribution in [2.45, 2.75) is 44.2 Å². The molecule has 1 N–H and O–H groups in total. The van der Waals surface area contributed by atoms with Crippen molar-refractivity contribution in [2.24, 2.45) is 0 Å². The van der Waals surface area contributed by atoms with E-state index in [4.69, 9.17) is 4.74 Å². The minimum Gasteiger partial charge on any atom is -0.448 e. The first kappa shape index (κ1) is 17.1. The highest BCUT2D eigenvalue weighted by Gasteiger charge is 2.44. The summed E-state index contributed by atoms with van der Waals surface area (Å²) in [4.78, 5) is 14.4. The molecule has 2 aromatic carbocycles. The SMILES string of the molecule is CC(O)[C@]1(C)CCCN1C(=O)OCC1c2ccccc2-c2ccccc21. The maximum atomic E-state index is 12.7. The number of hydrogen-bond donors (Lipinski definition) is 1. The van der Waals surface area contributed by atoms with Gasteiger partial charge in [0.05, 0.1) is 11.6 Å². The molecule has 2 aliphatic rings. The zero-order valence-corrected chi connectivity index (χ0v) is 15.3. The number of rotatable bonds is 3. The van der Waals surface area contributed by atoms with Crippen LogP contribution in [0.1, 0.15) is 43.7 Å². The van der Waals surface area contributed by atoms with Crippen molar-refractivity contribution in [1.82, 2.24) is 4.90 Å². The molecule has 1 unspecified atom stereocenters. The predicted octanol–water partition coefficient (Wildman–Crippen LogP) is 4.17. The average molecular weight is 351 g/mol. The monoisotopic (exact) mass is 351 g/mol. The number of likely N-dealkylation sites (tertiary alicyclic amines) is 1. The van der Waals surface area contributed by atoms with Gasteiger partial charge in [-0.1, -0.05) is 48.5 Å². The fraction of sp³-hybridized carbons (Fsp3) is 0.409. The van der Waals surface area contributed by atoms with Crippen LogP contribution in [-0.2, 0) is 4.74 Å². The van der Waals surface area contributed by atoms with E-state index < -0.39 is 11.6 Å². The molecule has 0 bridgehead atoms. The number of amides is 1. The third kappa shape index (κ3) is 2.60. The Bertz CT molecular complexity index is 786. The molecule has 26 heavy (non-hydrogen) atoms. The number of hydrogen-bond acceptors (Lipinski definition) is 3. The van der Waals surface area contributed by atoms with E-state index in [1.165, 1.54) is 22.3 Å². The maximum absolute atomic E-state index is 12.7. The molecule has 1 heterocycles. The van der Waals surface area contributed by atoms with Crippen LogP contribution in [0.15, 0.2) is 48.5 Å². The van der Waals surface area contributed by atoms with Crippen LogP contribution >= 0.6 is 0 Å². The summed E-state index contributed by atoms with van der Waals surface area (Å²) in [5.41, 5.74) is 4.32. The first-order chi connectivity index (χ1) is 12.5. The lowest BCUT2D eigenvalue weighted by molar-refractivity contribution is 0.00866. The van der Waals surface area contributed by atoms with Crippen LogP contribution < -0.4 is 0 Å². The summed E-state index contributed by atoms with van der Waals surface area (Å²) in [7, 11) is 0. The topological polar surface area (TPSA) is 49.8 Å². The van der Waals surface area contributed by atoms with Gasteiger partial charge in [-0.05, 0) is 48.9 Å². The summed E-state index contributed by atoms with van der Waals surface area (Å²) < 4.78 is 5.75. The van der Waals surface area contributed by atoms with Gasteiger partial charge in [-0.3, -0.25) is 0 Å². The Kier molecular flexibility index (Phi) is 4.23. The lowest BCUT2D eigenvalue weighted by atomic mass is 9.93. The molecule has 0 radical (unpaired) electrons. The Balaban J connectivity index is 1.54. The molecular weight excluding hydrogens is 326 g/mol. The molecule has 0 spiro atoms. The highest BCUT2D eigenvalue weighted by atomic mass is 16.6. The molecule has 4 nitrogen and oxygen atoms in total. The Labute approximate surface area is 154 Å². The van der Waals surface area contributed by atoms with E-state index in [-0.39, 0.29) is 12.0 Å². The molecule has 2 aromatic rings. The second-order valence-electron chi connectivity index (χ2n) is 7.59. The van der Waals surface area contributed by atoms with Crippen LogP contribution in [0.2, 0.25) is 0 Å². The fourth-order valence-electron chi connectivity index (χ4n) is 4.39. The first-order valence-electron chi connectivity index (χ1n) is 9.33. The summed E-state index contributed by atoms with van der Waals surface area (Å²) in [5.74, 6) is 0.0618. The number of carbonyl (C=O) groups is 1. The normalized spacial score (nSPS) is 22.8. The highest BCUT2D eigenvalue weighted by molar-refractivity contribution is 5.79. The number of fused-ring (bicyclic) bond motifs is 3. The fourth-order valence-corrected chi connectivity index (χ4v) is 4.39. The van der Waals surface area contributed by atoms with Gasteiger partial charge in [-0.15, -0.1) is 0 Å². The Morgan fingerprint density at radius 2 is 1.77 bits per heavy atom. The first-order valence-corrected chi connectivity index (χ1v) is 9.33. The zero-order chi connectivity index (χ0) is 18.3. The Morgan fingerprint density at radius 3 is 2.35 bits per heavy atom. The molecule has 1 aliphatic carbocycles. The van der Waals surface area contributed by atoms with Crippen LogP contribution in [0.25, 0.3) is 11.1 Å². The van der Waals surface area contributed by atoms with Gasteiger partial charge >= 0.3 is 6.09 Å². The van der Waals surface area contributed by atoms with Crippen molar-refractivity contribution in [1.29, 1.82) is 0 Å². The summed E-state index contributed by atoms with van der Waals surface area (Å²) in [6, 6.07) is 16.6. The standard InChI is InChI=1S/C22H25NO3/c1-15(24)22(2)12-7-13-23(22)21(25)26-14-20-18-10-5-3-8-16(18)17-9-4-6-11-19(17)20/h3-6,8-11,15,20,24H,7,12-14H2,1-2H3/t15?,22-/m0/s1. The minimum absolute atomic E-state index is 0.0618. The smallest absolute Gasteiger partial charge is 0.410 e. The van der Waals surface area contributed by atoms with Crippen LogP contribution in [0.3, 0.4) is 0 Å². The summed E-state index contributed by atoms with van der Waals surface area (Å²) >= 11 is 0. The molecule has 1 fully saturated rings. The van der Waals surface area contributed by atoms with Crippen molar-refractivity contribution in [2.75, 3.05) is 13.2 Å². The number of ether oxygens (including phenoxy) is 1. The molecular formula is C22H25NO3. The lowest BCUT2D eigenvalue weighted by Gasteiger charge is -2.37. The van der Waals surface area contributed by atoms with Gasteiger partial charge in [0.2, 0.25) is 0 Å². The van der Waals surface area contributed by atoms with E-state index in [1.807, 2.05) is 31.2 Å². The quantitative estimate of drug-likeness (QED) is 0.903. The Morgan fingerprint density at radius 1 is 1.19 bits per heavy atom. The third-order valence-electron chi connectivity index (χ3n) is 6.14. The Hall–Kier alpha value is -2.33. The maximum Gasteiger partial charge on any atom is 0.410 e. The number of benzene rings is 2. The molecule has 4 heteroatoms. The van der Waals surface area contributed by atoms with Gasteiger partial charge < -0.3 is 14.7 Å². The predicted molar refractivity (Wildman–Crippen MR) is 101 cm³/mol. The van der Waals surface area contributed by atoms with Crippen LogP contribution in [0.5, 0.6) is 0 Å². The van der Waals surface area contributed by atoms with Gasteiger partial charge in [-0.2, -0.15) is 0 Å². The molecule has 1 aliphatic heterocycles. The molecule has 136 valence electrons. The van der Waals surface area contributed by atoms with Crippen LogP contribution in [-0.4, -0.2) is 40.9 Å². The summed E-state index contributed by atoms with van der Waals surface area (Å²) in [6.45, 7) is 4.64. The van der Waals surface area contributed by atoms with Gasteiger partial charge in [0.1, 0.15) is 6.61 Å². The zero-order valence-electron chi connectivity index (χ0n) is 15.3. The van der Waals surface area contributed by atoms with Crippen molar-refractivity contribution < 1.29 is 14.6 Å². The van der Waals surface area contributed by atoms with Gasteiger partial charge in [0.25, 0.3) is 0 Å². The van der Waals surface area contributed by atoms with Gasteiger partial charge in [0, 0.05) is 12.5 Å². The molecule has 0 saturated carbocycles. The van der Waals surface area contributed by atoms with E-state index in [2.05, 4.69) is 24.3 Å². The molecule has 0 aromatic heterocycles. The van der Waals surface area contributed by atoms with Gasteiger partial charge in [-0.25, -0.2) is 4.79 Å². The number of nitrogens with zero attached hydrogens (tertiary/aromatic N) is 1.